The van der Waals surface area contributed by atoms with Gasteiger partial charge in [-0.1, -0.05) is 235 Å². The number of fused-ring (bicyclic) bond motifs is 6. The first kappa shape index (κ1) is 55.3. The fourth-order valence-electron chi connectivity index (χ4n) is 13.6. The highest BCUT2D eigenvalue weighted by Crippen LogP contribution is 2.46. The molecule has 6 nitrogen and oxygen atoms in total. The van der Waals surface area contributed by atoms with Gasteiger partial charge >= 0.3 is 0 Å². The maximum Gasteiger partial charge on any atom is 0.164 e. The van der Waals surface area contributed by atoms with Gasteiger partial charge in [-0.05, 0) is 162 Å². The molecule has 0 amide bonds. The van der Waals surface area contributed by atoms with E-state index in [1.54, 1.807) is 0 Å². The van der Waals surface area contributed by atoms with Crippen LogP contribution in [0.5, 0.6) is 0 Å². The molecule has 0 bridgehead atoms. The smallest absolute Gasteiger partial charge is 0.164 e. The first-order valence-electron chi connectivity index (χ1n) is 31.3. The van der Waals surface area contributed by atoms with Crippen LogP contribution in [0.4, 0.5) is 0 Å². The molecule has 434 valence electrons. The van der Waals surface area contributed by atoms with Gasteiger partial charge in [0.05, 0.1) is 45.1 Å². The second-order valence-electron chi connectivity index (χ2n) is 24.2. The van der Waals surface area contributed by atoms with Crippen LogP contribution in [0.2, 0.25) is 0 Å². The Hall–Kier alpha value is -12.0. The van der Waals surface area contributed by atoms with Crippen molar-refractivity contribution in [1.29, 1.82) is 5.26 Å². The molecule has 0 spiro atoms. The number of hydrogen-bond donors (Lipinski definition) is 0. The Morgan fingerprint density at radius 2 is 0.598 bits per heavy atom. The van der Waals surface area contributed by atoms with Gasteiger partial charge in [0.15, 0.2) is 17.5 Å². The summed E-state index contributed by atoms with van der Waals surface area (Å²) in [6.45, 7) is 8.62. The lowest BCUT2D eigenvalue weighted by Crippen LogP contribution is -2.04. The van der Waals surface area contributed by atoms with Crippen molar-refractivity contribution < 1.29 is 0 Å². The predicted octanol–water partition coefficient (Wildman–Crippen LogP) is 22.2. The van der Waals surface area contributed by atoms with Crippen molar-refractivity contribution >= 4 is 43.6 Å². The third-order valence-electron chi connectivity index (χ3n) is 18.0. The van der Waals surface area contributed by atoms with E-state index >= 15 is 0 Å². The Bertz CT molecular complexity index is 5380. The topological polar surface area (TPSA) is 72.3 Å². The zero-order valence-electron chi connectivity index (χ0n) is 51.4. The van der Waals surface area contributed by atoms with Gasteiger partial charge in [-0.2, -0.15) is 5.26 Å². The lowest BCUT2D eigenvalue weighted by Gasteiger charge is -2.21. The average molecular weight is 1180 g/mol. The van der Waals surface area contributed by atoms with Crippen LogP contribution in [0.25, 0.3) is 156 Å². The average Bonchev–Trinajstić information content (AvgIpc) is 1.54. The molecule has 3 heterocycles. The number of nitrogens with zero attached hydrogens (tertiary/aromatic N) is 6. The van der Waals surface area contributed by atoms with Gasteiger partial charge in [-0.25, -0.2) is 15.0 Å². The van der Waals surface area contributed by atoms with Gasteiger partial charge in [-0.3, -0.25) is 0 Å². The minimum absolute atomic E-state index is 0.545. The van der Waals surface area contributed by atoms with E-state index in [-0.39, 0.29) is 0 Å². The van der Waals surface area contributed by atoms with Crippen molar-refractivity contribution in [1.82, 2.24) is 24.1 Å². The number of aromatic nitrogens is 5. The Morgan fingerprint density at radius 3 is 1.01 bits per heavy atom. The van der Waals surface area contributed by atoms with E-state index in [0.29, 0.717) is 23.0 Å². The minimum atomic E-state index is 0.545. The molecular weight excluding hydrogens is 1120 g/mol. The first-order chi connectivity index (χ1) is 45.2. The molecule has 0 saturated heterocycles. The molecule has 16 aromatic rings. The molecule has 0 saturated carbocycles. The largest absolute Gasteiger partial charge is 0.309 e. The van der Waals surface area contributed by atoms with Gasteiger partial charge in [0.25, 0.3) is 0 Å². The third-order valence-corrected chi connectivity index (χ3v) is 18.0. The molecule has 0 unspecified atom stereocenters. The Labute approximate surface area is 535 Å². The number of benzene rings is 13. The summed E-state index contributed by atoms with van der Waals surface area (Å²) in [7, 11) is 0. The normalized spacial score (nSPS) is 11.5. The Morgan fingerprint density at radius 1 is 0.250 bits per heavy atom. The third kappa shape index (κ3) is 9.99. The van der Waals surface area contributed by atoms with Crippen molar-refractivity contribution in [2.45, 2.75) is 27.7 Å². The fraction of sp³-hybridized carbons (Fsp3) is 0.0465. The standard InChI is InChI=1S/C86H60N6/c1-54-17-13-26-60(43-54)64-32-38-79-74(47-64)75-48-65(61-27-14-18-55(2)44-61)33-39-80(75)91(79)78-42-36-69(86-89-84(58-21-7-5-8-22-58)88-85(90-86)59-23-9-6-10-24-59)51-73(78)72-37-31-68(71-30-12-11-25-70(71)53-87)52-83(72)92-81-40-34-66(62-28-15-19-56(3)45-62)49-76(81)77-50-67(35-41-82(77)92)63-29-16-20-57(4)46-63/h5-52H,1-4H3. The molecular formula is C86H60N6. The second kappa shape index (κ2) is 22.8. The molecule has 92 heavy (non-hydrogen) atoms. The highest BCUT2D eigenvalue weighted by Gasteiger charge is 2.25. The summed E-state index contributed by atoms with van der Waals surface area (Å²) >= 11 is 0. The summed E-state index contributed by atoms with van der Waals surface area (Å²) in [6, 6.07) is 107. The second-order valence-corrected chi connectivity index (χ2v) is 24.2. The monoisotopic (exact) mass is 1180 g/mol. The van der Waals surface area contributed by atoms with Crippen LogP contribution in [0.15, 0.2) is 291 Å². The Kier molecular flexibility index (Phi) is 13.7. The van der Waals surface area contributed by atoms with E-state index in [4.69, 9.17) is 15.0 Å². The van der Waals surface area contributed by atoms with Crippen molar-refractivity contribution in [3.8, 4) is 118 Å². The highest BCUT2D eigenvalue weighted by atomic mass is 15.0. The number of hydrogen-bond acceptors (Lipinski definition) is 4. The number of nitriles is 1. The molecule has 13 aromatic carbocycles. The van der Waals surface area contributed by atoms with Crippen molar-refractivity contribution in [2.75, 3.05) is 0 Å². The summed E-state index contributed by atoms with van der Waals surface area (Å²) in [4.78, 5) is 15.8. The first-order valence-corrected chi connectivity index (χ1v) is 31.3. The van der Waals surface area contributed by atoms with Crippen LogP contribution in [-0.2, 0) is 0 Å². The van der Waals surface area contributed by atoms with Crippen LogP contribution in [-0.4, -0.2) is 24.1 Å². The number of rotatable bonds is 11. The molecule has 6 heteroatoms. The lowest BCUT2D eigenvalue weighted by atomic mass is 9.93. The van der Waals surface area contributed by atoms with Gasteiger partial charge in [0, 0.05) is 49.4 Å². The number of aryl methyl sites for hydroxylation is 4. The van der Waals surface area contributed by atoms with Gasteiger partial charge in [0.1, 0.15) is 0 Å². The summed E-state index contributed by atoms with van der Waals surface area (Å²) < 4.78 is 4.91. The fourth-order valence-corrected chi connectivity index (χ4v) is 13.6. The van der Waals surface area contributed by atoms with E-state index in [9.17, 15) is 5.26 Å². The van der Waals surface area contributed by atoms with E-state index < -0.39 is 0 Å². The van der Waals surface area contributed by atoms with Crippen LogP contribution in [0.1, 0.15) is 27.8 Å². The van der Waals surface area contributed by atoms with E-state index in [1.165, 1.54) is 33.4 Å². The molecule has 0 N–H and O–H groups in total. The van der Waals surface area contributed by atoms with Crippen LogP contribution < -0.4 is 0 Å². The molecule has 0 radical (unpaired) electrons. The van der Waals surface area contributed by atoms with Crippen molar-refractivity contribution in [3.63, 3.8) is 0 Å². The summed E-state index contributed by atoms with van der Waals surface area (Å²) in [5.41, 5.74) is 27.1. The van der Waals surface area contributed by atoms with Crippen LogP contribution >= 0.6 is 0 Å². The minimum Gasteiger partial charge on any atom is -0.309 e. The van der Waals surface area contributed by atoms with Crippen molar-refractivity contribution in [2.24, 2.45) is 0 Å². The summed E-state index contributed by atoms with van der Waals surface area (Å²) in [5, 5.41) is 15.3. The summed E-state index contributed by atoms with van der Waals surface area (Å²) in [6.07, 6.45) is 0. The molecule has 0 fully saturated rings. The highest BCUT2D eigenvalue weighted by molar-refractivity contribution is 6.14. The SMILES string of the molecule is Cc1cccc(-c2ccc3c(c2)c2cc(-c4cccc(C)c4)ccc2n3-c2ccc(-c3nc(-c4ccccc4)nc(-c4ccccc4)n3)cc2-c2ccc(-c3ccccc3C#N)cc2-n2c3ccc(-c4cccc(C)c4)cc3c3cc(-c4cccc(C)c4)ccc32)c1. The molecule has 0 aliphatic carbocycles. The molecule has 0 aliphatic heterocycles. The van der Waals surface area contributed by atoms with Crippen LogP contribution in [0, 0.1) is 39.0 Å². The van der Waals surface area contributed by atoms with Gasteiger partial charge < -0.3 is 9.13 Å². The predicted molar refractivity (Wildman–Crippen MR) is 381 cm³/mol. The van der Waals surface area contributed by atoms with E-state index in [0.717, 1.165) is 127 Å². The van der Waals surface area contributed by atoms with Gasteiger partial charge in [-0.15, -0.1) is 0 Å². The van der Waals surface area contributed by atoms with E-state index in [2.05, 4.69) is 279 Å². The maximum absolute atomic E-state index is 10.8. The molecule has 16 rings (SSSR count). The molecule has 0 atom stereocenters. The maximum atomic E-state index is 10.8. The lowest BCUT2D eigenvalue weighted by molar-refractivity contribution is 1.07. The van der Waals surface area contributed by atoms with Crippen molar-refractivity contribution in [3.05, 3.63) is 319 Å². The zero-order chi connectivity index (χ0) is 62.0. The quantitative estimate of drug-likeness (QED) is 0.129. The Balaban J connectivity index is 1.03. The zero-order valence-corrected chi connectivity index (χ0v) is 51.4. The van der Waals surface area contributed by atoms with E-state index in [1.807, 2.05) is 54.6 Å². The van der Waals surface area contributed by atoms with Gasteiger partial charge in [0.2, 0.25) is 0 Å². The summed E-state index contributed by atoms with van der Waals surface area (Å²) in [5.74, 6) is 1.71. The molecule has 0 aliphatic rings. The van der Waals surface area contributed by atoms with Crippen LogP contribution in [0.3, 0.4) is 0 Å². The molecule has 3 aromatic heterocycles.